The van der Waals surface area contributed by atoms with Crippen molar-refractivity contribution in [3.8, 4) is 11.4 Å². The molecule has 2 N–H and O–H groups in total. The molecular formula is C20H22N4O3S2. The lowest BCUT2D eigenvalue weighted by Gasteiger charge is -2.07. The zero-order valence-electron chi connectivity index (χ0n) is 16.4. The first-order chi connectivity index (χ1) is 14.0. The van der Waals surface area contributed by atoms with Gasteiger partial charge in [0.1, 0.15) is 5.00 Å². The molecule has 0 unspecified atom stereocenters. The van der Waals surface area contributed by atoms with Crippen LogP contribution >= 0.6 is 23.1 Å². The van der Waals surface area contributed by atoms with E-state index in [0.29, 0.717) is 28.0 Å². The number of aryl methyl sites for hydroxylation is 1. The lowest BCUT2D eigenvalue weighted by molar-refractivity contribution is -0.113. The van der Waals surface area contributed by atoms with Crippen LogP contribution in [0.1, 0.15) is 34.6 Å². The summed E-state index contributed by atoms with van der Waals surface area (Å²) in [6.45, 7) is 5.97. The van der Waals surface area contributed by atoms with E-state index in [4.69, 9.17) is 4.74 Å². The SMILES string of the molecule is CCOC(=O)c1c(NC(=O)CSc2n[nH]c(-c3ccccc3)n2)sc(C)c1CC. The molecule has 0 fully saturated rings. The molecular weight excluding hydrogens is 408 g/mol. The number of hydrogen-bond acceptors (Lipinski definition) is 7. The minimum atomic E-state index is -0.405. The van der Waals surface area contributed by atoms with Gasteiger partial charge in [0.2, 0.25) is 11.1 Å². The number of hydrogen-bond donors (Lipinski definition) is 2. The molecule has 0 atom stereocenters. The van der Waals surface area contributed by atoms with Gasteiger partial charge in [0, 0.05) is 10.4 Å². The molecule has 0 saturated carbocycles. The van der Waals surface area contributed by atoms with Gasteiger partial charge in [-0.3, -0.25) is 9.89 Å². The Bertz CT molecular complexity index is 999. The van der Waals surface area contributed by atoms with Crippen LogP contribution in [0.15, 0.2) is 35.5 Å². The van der Waals surface area contributed by atoms with E-state index in [9.17, 15) is 9.59 Å². The van der Waals surface area contributed by atoms with Gasteiger partial charge >= 0.3 is 5.97 Å². The smallest absolute Gasteiger partial charge is 0.341 e. The molecule has 1 amide bonds. The van der Waals surface area contributed by atoms with E-state index in [-0.39, 0.29) is 18.3 Å². The van der Waals surface area contributed by atoms with Gasteiger partial charge in [-0.2, -0.15) is 0 Å². The van der Waals surface area contributed by atoms with Gasteiger partial charge < -0.3 is 10.1 Å². The molecule has 0 spiro atoms. The quantitative estimate of drug-likeness (QED) is 0.408. The van der Waals surface area contributed by atoms with E-state index in [1.165, 1.54) is 23.1 Å². The highest BCUT2D eigenvalue weighted by Crippen LogP contribution is 2.34. The number of nitrogens with one attached hydrogen (secondary N) is 2. The summed E-state index contributed by atoms with van der Waals surface area (Å²) in [6.07, 6.45) is 0.695. The van der Waals surface area contributed by atoms with Crippen molar-refractivity contribution in [2.75, 3.05) is 17.7 Å². The fraction of sp³-hybridized carbons (Fsp3) is 0.300. The number of benzene rings is 1. The van der Waals surface area contributed by atoms with Crippen LogP contribution < -0.4 is 5.32 Å². The first-order valence-electron chi connectivity index (χ1n) is 9.23. The average molecular weight is 431 g/mol. The number of rotatable bonds is 8. The summed E-state index contributed by atoms with van der Waals surface area (Å²) in [5.41, 5.74) is 2.30. The van der Waals surface area contributed by atoms with Crippen LogP contribution in [0.4, 0.5) is 5.00 Å². The van der Waals surface area contributed by atoms with E-state index < -0.39 is 5.97 Å². The van der Waals surface area contributed by atoms with Crippen LogP contribution in [-0.2, 0) is 16.0 Å². The summed E-state index contributed by atoms with van der Waals surface area (Å²) in [5.74, 6) is 0.153. The predicted molar refractivity (Wildman–Crippen MR) is 116 cm³/mol. The van der Waals surface area contributed by atoms with Gasteiger partial charge in [-0.05, 0) is 25.8 Å². The standard InChI is InChI=1S/C20H22N4O3S2/c1-4-14-12(3)29-18(16(14)19(26)27-5-2)21-15(25)11-28-20-22-17(23-24-20)13-9-7-6-8-10-13/h6-10H,4-5,11H2,1-3H3,(H,21,25)(H,22,23,24). The molecule has 3 rings (SSSR count). The van der Waals surface area contributed by atoms with Crippen LogP contribution in [0, 0.1) is 6.92 Å². The van der Waals surface area contributed by atoms with Crippen molar-refractivity contribution in [1.82, 2.24) is 15.2 Å². The number of thiophene rings is 1. The molecule has 0 radical (unpaired) electrons. The lowest BCUT2D eigenvalue weighted by atomic mass is 10.1. The van der Waals surface area contributed by atoms with E-state index in [2.05, 4.69) is 20.5 Å². The zero-order valence-corrected chi connectivity index (χ0v) is 18.1. The van der Waals surface area contributed by atoms with Crippen molar-refractivity contribution in [3.05, 3.63) is 46.3 Å². The molecule has 0 bridgehead atoms. The number of anilines is 1. The summed E-state index contributed by atoms with van der Waals surface area (Å²) in [6, 6.07) is 9.65. The highest BCUT2D eigenvalue weighted by Gasteiger charge is 2.23. The second-order valence-electron chi connectivity index (χ2n) is 6.08. The van der Waals surface area contributed by atoms with Crippen LogP contribution in [0.2, 0.25) is 0 Å². The monoisotopic (exact) mass is 430 g/mol. The molecule has 152 valence electrons. The highest BCUT2D eigenvalue weighted by atomic mass is 32.2. The number of H-pyrrole nitrogens is 1. The minimum Gasteiger partial charge on any atom is -0.462 e. The molecule has 1 aromatic carbocycles. The third kappa shape index (κ3) is 5.04. The Kier molecular flexibility index (Phi) is 7.05. The van der Waals surface area contributed by atoms with E-state index in [0.717, 1.165) is 16.0 Å². The summed E-state index contributed by atoms with van der Waals surface area (Å²) < 4.78 is 5.17. The summed E-state index contributed by atoms with van der Waals surface area (Å²) >= 11 is 2.62. The normalized spacial score (nSPS) is 10.7. The predicted octanol–water partition coefficient (Wildman–Crippen LogP) is 4.31. The molecule has 0 aliphatic rings. The highest BCUT2D eigenvalue weighted by molar-refractivity contribution is 7.99. The van der Waals surface area contributed by atoms with E-state index >= 15 is 0 Å². The number of carbonyl (C=O) groups is 2. The Balaban J connectivity index is 1.66. The summed E-state index contributed by atoms with van der Waals surface area (Å²) in [4.78, 5) is 30.2. The van der Waals surface area contributed by atoms with Gasteiger partial charge in [-0.15, -0.1) is 16.4 Å². The molecule has 9 heteroatoms. The summed E-state index contributed by atoms with van der Waals surface area (Å²) in [7, 11) is 0. The Labute approximate surface area is 177 Å². The number of nitrogens with zero attached hydrogens (tertiary/aromatic N) is 2. The molecule has 0 aliphatic heterocycles. The topological polar surface area (TPSA) is 97.0 Å². The molecule has 0 saturated heterocycles. The third-order valence-corrected chi connectivity index (χ3v) is 6.05. The maximum absolute atomic E-state index is 12.5. The fourth-order valence-electron chi connectivity index (χ4n) is 2.84. The Morgan fingerprint density at radius 2 is 2.00 bits per heavy atom. The van der Waals surface area contributed by atoms with Gasteiger partial charge in [-0.25, -0.2) is 9.78 Å². The summed E-state index contributed by atoms with van der Waals surface area (Å²) in [5, 5.41) is 10.9. The molecule has 3 aromatic rings. The first-order valence-corrected chi connectivity index (χ1v) is 11.0. The van der Waals surface area contributed by atoms with Gasteiger partial charge in [0.25, 0.3) is 0 Å². The van der Waals surface area contributed by atoms with Crippen molar-refractivity contribution in [2.24, 2.45) is 0 Å². The maximum atomic E-state index is 12.5. The van der Waals surface area contributed by atoms with Gasteiger partial charge in [0.05, 0.1) is 17.9 Å². The number of aromatic nitrogens is 3. The van der Waals surface area contributed by atoms with Crippen molar-refractivity contribution in [1.29, 1.82) is 0 Å². The van der Waals surface area contributed by atoms with Crippen LogP contribution in [-0.4, -0.2) is 39.4 Å². The van der Waals surface area contributed by atoms with E-state index in [1.807, 2.05) is 44.2 Å². The Hall–Kier alpha value is -2.65. The number of carbonyl (C=O) groups excluding carboxylic acids is 2. The largest absolute Gasteiger partial charge is 0.462 e. The lowest BCUT2D eigenvalue weighted by Crippen LogP contribution is -2.16. The average Bonchev–Trinajstić information content (AvgIpc) is 3.31. The second-order valence-corrected chi connectivity index (χ2v) is 8.25. The third-order valence-electron chi connectivity index (χ3n) is 4.14. The van der Waals surface area contributed by atoms with Crippen molar-refractivity contribution in [3.63, 3.8) is 0 Å². The van der Waals surface area contributed by atoms with Crippen molar-refractivity contribution < 1.29 is 14.3 Å². The van der Waals surface area contributed by atoms with Crippen molar-refractivity contribution in [2.45, 2.75) is 32.3 Å². The maximum Gasteiger partial charge on any atom is 0.341 e. The molecule has 2 aromatic heterocycles. The van der Waals surface area contributed by atoms with Gasteiger partial charge in [0.15, 0.2) is 5.82 Å². The number of aromatic amines is 1. The fourth-order valence-corrected chi connectivity index (χ4v) is 4.59. The number of amides is 1. The Morgan fingerprint density at radius 1 is 1.24 bits per heavy atom. The van der Waals surface area contributed by atoms with Crippen LogP contribution in [0.3, 0.4) is 0 Å². The van der Waals surface area contributed by atoms with Crippen LogP contribution in [0.25, 0.3) is 11.4 Å². The molecule has 0 aliphatic carbocycles. The van der Waals surface area contributed by atoms with Gasteiger partial charge in [-0.1, -0.05) is 49.0 Å². The molecule has 2 heterocycles. The molecule has 29 heavy (non-hydrogen) atoms. The molecule has 7 nitrogen and oxygen atoms in total. The van der Waals surface area contributed by atoms with E-state index in [1.54, 1.807) is 6.92 Å². The van der Waals surface area contributed by atoms with Crippen molar-refractivity contribution >= 4 is 40.0 Å². The van der Waals surface area contributed by atoms with Crippen LogP contribution in [0.5, 0.6) is 0 Å². The number of ether oxygens (including phenoxy) is 1. The zero-order chi connectivity index (χ0) is 20.8. The Morgan fingerprint density at radius 3 is 2.69 bits per heavy atom. The minimum absolute atomic E-state index is 0.132. The second kappa shape index (κ2) is 9.71. The number of esters is 1. The number of thioether (sulfide) groups is 1. The first kappa shape index (κ1) is 21.1.